The van der Waals surface area contributed by atoms with E-state index in [-0.39, 0.29) is 5.75 Å². The Morgan fingerprint density at radius 3 is 2.59 bits per heavy atom. The maximum Gasteiger partial charge on any atom is 0.152 e. The number of azo groups is 1. The van der Waals surface area contributed by atoms with Crippen LogP contribution in [0.2, 0.25) is 0 Å². The summed E-state index contributed by atoms with van der Waals surface area (Å²) in [4.78, 5) is 11.2. The monoisotopic (exact) mass is 290 g/mol. The molecule has 0 saturated carbocycles. The molecule has 0 atom stereocenters. The first-order valence-electron chi connectivity index (χ1n) is 6.87. The van der Waals surface area contributed by atoms with Crippen LogP contribution in [0.15, 0.2) is 64.8 Å². The number of hydrogen-bond acceptors (Lipinski definition) is 4. The highest BCUT2D eigenvalue weighted by Gasteiger charge is 2.07. The summed E-state index contributed by atoms with van der Waals surface area (Å²) < 4.78 is 0. The van der Waals surface area contributed by atoms with Crippen LogP contribution in [-0.2, 0) is 0 Å². The zero-order valence-corrected chi connectivity index (χ0v) is 12.0. The van der Waals surface area contributed by atoms with Crippen LogP contribution in [0.3, 0.4) is 0 Å². The number of benzene rings is 3. The van der Waals surface area contributed by atoms with Crippen molar-refractivity contribution < 1.29 is 9.90 Å². The van der Waals surface area contributed by atoms with Gasteiger partial charge in [0.15, 0.2) is 6.29 Å². The molecule has 0 aliphatic heterocycles. The van der Waals surface area contributed by atoms with E-state index in [0.29, 0.717) is 16.9 Å². The lowest BCUT2D eigenvalue weighted by Gasteiger charge is -2.04. The number of phenols is 1. The van der Waals surface area contributed by atoms with Crippen LogP contribution < -0.4 is 0 Å². The molecule has 0 fully saturated rings. The third kappa shape index (κ3) is 2.59. The van der Waals surface area contributed by atoms with E-state index in [1.807, 2.05) is 43.3 Å². The number of rotatable bonds is 3. The van der Waals surface area contributed by atoms with E-state index >= 15 is 0 Å². The molecule has 108 valence electrons. The van der Waals surface area contributed by atoms with Gasteiger partial charge in [0.2, 0.25) is 0 Å². The molecule has 4 nitrogen and oxygen atoms in total. The van der Waals surface area contributed by atoms with Crippen LogP contribution in [-0.4, -0.2) is 11.4 Å². The lowest BCUT2D eigenvalue weighted by molar-refractivity contribution is 0.112. The predicted octanol–water partition coefficient (Wildman–Crippen LogP) is 5.08. The van der Waals surface area contributed by atoms with Crippen LogP contribution in [0.25, 0.3) is 10.8 Å². The molecule has 0 aliphatic rings. The summed E-state index contributed by atoms with van der Waals surface area (Å²) in [6.45, 7) is 1.88. The van der Waals surface area contributed by atoms with E-state index in [4.69, 9.17) is 0 Å². The van der Waals surface area contributed by atoms with E-state index in [1.165, 1.54) is 0 Å². The third-order valence-electron chi connectivity index (χ3n) is 3.45. The summed E-state index contributed by atoms with van der Waals surface area (Å²) >= 11 is 0. The highest BCUT2D eigenvalue weighted by atomic mass is 16.3. The van der Waals surface area contributed by atoms with Crippen molar-refractivity contribution in [3.63, 3.8) is 0 Å². The molecule has 0 spiro atoms. The van der Waals surface area contributed by atoms with Gasteiger partial charge in [0.1, 0.15) is 17.1 Å². The van der Waals surface area contributed by atoms with Crippen molar-refractivity contribution in [1.82, 2.24) is 0 Å². The summed E-state index contributed by atoms with van der Waals surface area (Å²) in [6.07, 6.45) is 0.760. The number of phenolic OH excluding ortho intramolecular Hbond substituents is 1. The first-order valence-corrected chi connectivity index (χ1v) is 6.87. The van der Waals surface area contributed by atoms with Gasteiger partial charge >= 0.3 is 0 Å². The molecule has 0 radical (unpaired) electrons. The predicted molar refractivity (Wildman–Crippen MR) is 86.4 cm³/mol. The van der Waals surface area contributed by atoms with Crippen LogP contribution >= 0.6 is 0 Å². The number of hydrogen-bond donors (Lipinski definition) is 1. The van der Waals surface area contributed by atoms with Gasteiger partial charge in [0.05, 0.1) is 0 Å². The number of aldehydes is 1. The van der Waals surface area contributed by atoms with Crippen LogP contribution in [0.4, 0.5) is 11.4 Å². The van der Waals surface area contributed by atoms with Crippen molar-refractivity contribution in [1.29, 1.82) is 0 Å². The molecule has 0 heterocycles. The van der Waals surface area contributed by atoms with E-state index in [9.17, 15) is 9.90 Å². The number of carbonyl (C=O) groups excluding carboxylic acids is 1. The second kappa shape index (κ2) is 5.77. The topological polar surface area (TPSA) is 62.0 Å². The van der Waals surface area contributed by atoms with E-state index in [2.05, 4.69) is 10.2 Å². The molecule has 0 aromatic heterocycles. The zero-order valence-electron chi connectivity index (χ0n) is 12.0. The molecule has 4 heteroatoms. The Labute approximate surface area is 127 Å². The molecule has 22 heavy (non-hydrogen) atoms. The van der Waals surface area contributed by atoms with Gasteiger partial charge in [0.25, 0.3) is 0 Å². The third-order valence-corrected chi connectivity index (χ3v) is 3.45. The van der Waals surface area contributed by atoms with E-state index < -0.39 is 0 Å². The molecule has 0 saturated heterocycles. The van der Waals surface area contributed by atoms with Gasteiger partial charge in [-0.3, -0.25) is 4.79 Å². The lowest BCUT2D eigenvalue weighted by atomic mass is 10.1. The number of nitrogens with zero attached hydrogens (tertiary/aromatic N) is 2. The minimum Gasteiger partial charge on any atom is -0.506 e. The number of carbonyl (C=O) groups is 1. The van der Waals surface area contributed by atoms with Crippen molar-refractivity contribution in [2.24, 2.45) is 10.2 Å². The molecule has 3 aromatic rings. The Kier molecular flexibility index (Phi) is 3.66. The minimum atomic E-state index is 0.0663. The Bertz CT molecular complexity index is 885. The Morgan fingerprint density at radius 1 is 1.00 bits per heavy atom. The average Bonchev–Trinajstić information content (AvgIpc) is 2.53. The smallest absolute Gasteiger partial charge is 0.152 e. The SMILES string of the molecule is Cc1ccc(N=Nc2c(C=O)ccc3ccccc23)c(O)c1. The first-order chi connectivity index (χ1) is 10.7. The van der Waals surface area contributed by atoms with Crippen molar-refractivity contribution >= 4 is 28.4 Å². The fraction of sp³-hybridized carbons (Fsp3) is 0.0556. The summed E-state index contributed by atoms with van der Waals surface area (Å²) in [5.74, 6) is 0.0663. The molecule has 3 aromatic carbocycles. The number of aromatic hydroxyl groups is 1. The van der Waals surface area contributed by atoms with Gasteiger partial charge in [-0.2, -0.15) is 0 Å². The van der Waals surface area contributed by atoms with Gasteiger partial charge < -0.3 is 5.11 Å². The molecular weight excluding hydrogens is 276 g/mol. The maximum absolute atomic E-state index is 11.2. The van der Waals surface area contributed by atoms with Crippen molar-refractivity contribution in [3.8, 4) is 5.75 Å². The first kappa shape index (κ1) is 13.9. The Morgan fingerprint density at radius 2 is 1.82 bits per heavy atom. The summed E-state index contributed by atoms with van der Waals surface area (Å²) in [5.41, 5.74) is 2.28. The molecule has 0 bridgehead atoms. The van der Waals surface area contributed by atoms with Crippen molar-refractivity contribution in [3.05, 3.63) is 65.7 Å². The quantitative estimate of drug-likeness (QED) is 0.540. The molecule has 0 unspecified atom stereocenters. The second-order valence-corrected chi connectivity index (χ2v) is 5.03. The average molecular weight is 290 g/mol. The van der Waals surface area contributed by atoms with Crippen LogP contribution in [0.5, 0.6) is 5.75 Å². The molecule has 3 rings (SSSR count). The van der Waals surface area contributed by atoms with E-state index in [0.717, 1.165) is 22.6 Å². The van der Waals surface area contributed by atoms with E-state index in [1.54, 1.807) is 18.2 Å². The second-order valence-electron chi connectivity index (χ2n) is 5.03. The lowest BCUT2D eigenvalue weighted by Crippen LogP contribution is -1.83. The minimum absolute atomic E-state index is 0.0663. The standard InChI is InChI=1S/C18H14N2O2/c1-12-6-9-16(17(22)10-12)19-20-18-14(11-21)8-7-13-4-2-3-5-15(13)18/h2-11,22H,1H3. The Balaban J connectivity index is 2.13. The number of aryl methyl sites for hydroxylation is 1. The van der Waals surface area contributed by atoms with Gasteiger partial charge in [0, 0.05) is 10.9 Å². The fourth-order valence-corrected chi connectivity index (χ4v) is 2.30. The highest BCUT2D eigenvalue weighted by Crippen LogP contribution is 2.33. The van der Waals surface area contributed by atoms with Crippen molar-refractivity contribution in [2.75, 3.05) is 0 Å². The maximum atomic E-state index is 11.2. The van der Waals surface area contributed by atoms with Crippen LogP contribution in [0.1, 0.15) is 15.9 Å². The number of fused-ring (bicyclic) bond motifs is 1. The summed E-state index contributed by atoms with van der Waals surface area (Å²) in [5, 5.41) is 20.0. The summed E-state index contributed by atoms with van der Waals surface area (Å²) in [6, 6.07) is 16.4. The zero-order chi connectivity index (χ0) is 15.5. The van der Waals surface area contributed by atoms with Crippen molar-refractivity contribution in [2.45, 2.75) is 6.92 Å². The summed E-state index contributed by atoms with van der Waals surface area (Å²) in [7, 11) is 0. The van der Waals surface area contributed by atoms with Gasteiger partial charge in [-0.25, -0.2) is 0 Å². The molecule has 0 aliphatic carbocycles. The molecular formula is C18H14N2O2. The van der Waals surface area contributed by atoms with Gasteiger partial charge in [-0.1, -0.05) is 36.4 Å². The largest absolute Gasteiger partial charge is 0.506 e. The van der Waals surface area contributed by atoms with Gasteiger partial charge in [-0.15, -0.1) is 10.2 Å². The van der Waals surface area contributed by atoms with Crippen LogP contribution in [0, 0.1) is 6.92 Å². The molecule has 0 amide bonds. The Hall–Kier alpha value is -3.01. The molecule has 1 N–H and O–H groups in total. The van der Waals surface area contributed by atoms with Gasteiger partial charge in [-0.05, 0) is 36.1 Å². The highest BCUT2D eigenvalue weighted by molar-refractivity contribution is 6.00. The fourth-order valence-electron chi connectivity index (χ4n) is 2.30. The normalized spacial score (nSPS) is 11.1.